The summed E-state index contributed by atoms with van der Waals surface area (Å²) in [5.74, 6) is 0.371. The van der Waals surface area contributed by atoms with Gasteiger partial charge < -0.3 is 20.0 Å². The topological polar surface area (TPSA) is 91.7 Å². The minimum atomic E-state index is -0.362. The van der Waals surface area contributed by atoms with Gasteiger partial charge in [-0.3, -0.25) is 14.4 Å². The SMILES string of the molecule is CC(=O)N(C)Cc1ccccc1NC(=O)CNC(=O)c1cc(C)oc1C. The molecule has 2 N–H and O–H groups in total. The summed E-state index contributed by atoms with van der Waals surface area (Å²) >= 11 is 0. The molecule has 0 aliphatic carbocycles. The van der Waals surface area contributed by atoms with Crippen LogP contribution < -0.4 is 10.6 Å². The maximum absolute atomic E-state index is 12.2. The van der Waals surface area contributed by atoms with Gasteiger partial charge in [0.05, 0.1) is 12.1 Å². The second-order valence-corrected chi connectivity index (χ2v) is 6.09. The van der Waals surface area contributed by atoms with E-state index in [0.29, 0.717) is 29.3 Å². The normalized spacial score (nSPS) is 10.3. The zero-order valence-electron chi connectivity index (χ0n) is 15.4. The quantitative estimate of drug-likeness (QED) is 0.829. The van der Waals surface area contributed by atoms with Gasteiger partial charge in [0.15, 0.2) is 0 Å². The zero-order valence-corrected chi connectivity index (χ0v) is 15.4. The van der Waals surface area contributed by atoms with Crippen LogP contribution in [0, 0.1) is 13.8 Å². The van der Waals surface area contributed by atoms with Crippen molar-refractivity contribution in [3.05, 3.63) is 53.0 Å². The summed E-state index contributed by atoms with van der Waals surface area (Å²) in [5, 5.41) is 5.34. The molecule has 2 rings (SSSR count). The third kappa shape index (κ3) is 4.95. The van der Waals surface area contributed by atoms with Crippen LogP contribution in [0.4, 0.5) is 5.69 Å². The summed E-state index contributed by atoms with van der Waals surface area (Å²) in [7, 11) is 1.69. The van der Waals surface area contributed by atoms with E-state index in [1.165, 1.54) is 6.92 Å². The Bertz CT molecular complexity index is 826. The Morgan fingerprint density at radius 2 is 1.85 bits per heavy atom. The fourth-order valence-corrected chi connectivity index (χ4v) is 2.45. The first kappa shape index (κ1) is 19.2. The number of amides is 3. The van der Waals surface area contributed by atoms with Crippen molar-refractivity contribution < 1.29 is 18.8 Å². The molecule has 26 heavy (non-hydrogen) atoms. The highest BCUT2D eigenvalue weighted by Crippen LogP contribution is 2.17. The lowest BCUT2D eigenvalue weighted by Gasteiger charge is -2.18. The predicted octanol–water partition coefficient (Wildman–Crippen LogP) is 2.24. The fourth-order valence-electron chi connectivity index (χ4n) is 2.45. The number of carbonyl (C=O) groups excluding carboxylic acids is 3. The van der Waals surface area contributed by atoms with Gasteiger partial charge in [-0.2, -0.15) is 0 Å². The van der Waals surface area contributed by atoms with Crippen LogP contribution in [0.2, 0.25) is 0 Å². The molecular weight excluding hydrogens is 334 g/mol. The van der Waals surface area contributed by atoms with E-state index in [2.05, 4.69) is 10.6 Å². The van der Waals surface area contributed by atoms with Crippen LogP contribution in [-0.2, 0) is 16.1 Å². The number of carbonyl (C=O) groups is 3. The first-order valence-electron chi connectivity index (χ1n) is 8.22. The molecule has 7 nitrogen and oxygen atoms in total. The molecule has 2 aromatic rings. The van der Waals surface area contributed by atoms with E-state index in [-0.39, 0.29) is 24.3 Å². The largest absolute Gasteiger partial charge is 0.466 e. The van der Waals surface area contributed by atoms with Crippen LogP contribution in [0.3, 0.4) is 0 Å². The van der Waals surface area contributed by atoms with Crippen molar-refractivity contribution in [1.29, 1.82) is 0 Å². The summed E-state index contributed by atoms with van der Waals surface area (Å²) in [4.78, 5) is 37.3. The molecule has 0 aliphatic rings. The average molecular weight is 357 g/mol. The first-order chi connectivity index (χ1) is 12.3. The number of para-hydroxylation sites is 1. The molecule has 7 heteroatoms. The van der Waals surface area contributed by atoms with Crippen molar-refractivity contribution in [1.82, 2.24) is 10.2 Å². The molecule has 0 spiro atoms. The highest BCUT2D eigenvalue weighted by molar-refractivity contribution is 6.00. The van der Waals surface area contributed by atoms with Gasteiger partial charge >= 0.3 is 0 Å². The highest BCUT2D eigenvalue weighted by Gasteiger charge is 2.15. The Morgan fingerprint density at radius 3 is 2.46 bits per heavy atom. The van der Waals surface area contributed by atoms with E-state index >= 15 is 0 Å². The average Bonchev–Trinajstić information content (AvgIpc) is 2.92. The molecule has 0 bridgehead atoms. The fraction of sp³-hybridized carbons (Fsp3) is 0.316. The van der Waals surface area contributed by atoms with Gasteiger partial charge in [0, 0.05) is 26.2 Å². The lowest BCUT2D eigenvalue weighted by Crippen LogP contribution is -2.33. The third-order valence-corrected chi connectivity index (χ3v) is 3.93. The second-order valence-electron chi connectivity index (χ2n) is 6.09. The molecule has 0 saturated heterocycles. The first-order valence-corrected chi connectivity index (χ1v) is 8.22. The number of nitrogens with one attached hydrogen (secondary N) is 2. The number of hydrogen-bond acceptors (Lipinski definition) is 4. The van der Waals surface area contributed by atoms with Gasteiger partial charge in [-0.15, -0.1) is 0 Å². The molecular formula is C19H23N3O4. The van der Waals surface area contributed by atoms with Gasteiger partial charge in [0.1, 0.15) is 11.5 Å². The molecule has 1 aromatic carbocycles. The van der Waals surface area contributed by atoms with E-state index in [1.807, 2.05) is 12.1 Å². The Morgan fingerprint density at radius 1 is 1.15 bits per heavy atom. The molecule has 0 saturated carbocycles. The smallest absolute Gasteiger partial charge is 0.255 e. The summed E-state index contributed by atoms with van der Waals surface area (Å²) in [5.41, 5.74) is 1.83. The molecule has 1 heterocycles. The Labute approximate surface area is 152 Å². The van der Waals surface area contributed by atoms with Crippen LogP contribution >= 0.6 is 0 Å². The summed E-state index contributed by atoms with van der Waals surface area (Å²) in [6, 6.07) is 8.86. The standard InChI is InChI=1S/C19H23N3O4/c1-12-9-16(13(2)26-12)19(25)20-10-18(24)21-17-8-6-5-7-15(17)11-22(4)14(3)23/h5-9H,10-11H2,1-4H3,(H,20,25)(H,21,24). The zero-order chi connectivity index (χ0) is 19.3. The number of benzene rings is 1. The van der Waals surface area contributed by atoms with Gasteiger partial charge in [-0.05, 0) is 31.5 Å². The number of hydrogen-bond donors (Lipinski definition) is 2. The minimum Gasteiger partial charge on any atom is -0.466 e. The molecule has 1 aromatic heterocycles. The van der Waals surface area contributed by atoms with Crippen molar-refractivity contribution in [3.8, 4) is 0 Å². The molecule has 0 unspecified atom stereocenters. The Hall–Kier alpha value is -3.09. The summed E-state index contributed by atoms with van der Waals surface area (Å²) in [6.07, 6.45) is 0. The minimum absolute atomic E-state index is 0.0656. The number of furan rings is 1. The maximum Gasteiger partial charge on any atom is 0.255 e. The number of rotatable bonds is 6. The maximum atomic E-state index is 12.2. The monoisotopic (exact) mass is 357 g/mol. The van der Waals surface area contributed by atoms with Gasteiger partial charge in [-0.25, -0.2) is 0 Å². The van der Waals surface area contributed by atoms with Crippen LogP contribution in [-0.4, -0.2) is 36.2 Å². The summed E-state index contributed by atoms with van der Waals surface area (Å²) < 4.78 is 5.32. The second kappa shape index (κ2) is 8.33. The Kier molecular flexibility index (Phi) is 6.16. The van der Waals surface area contributed by atoms with Crippen LogP contribution in [0.1, 0.15) is 34.4 Å². The van der Waals surface area contributed by atoms with Crippen molar-refractivity contribution in [3.63, 3.8) is 0 Å². The van der Waals surface area contributed by atoms with E-state index in [4.69, 9.17) is 4.42 Å². The van der Waals surface area contributed by atoms with E-state index in [1.54, 1.807) is 44.0 Å². The van der Waals surface area contributed by atoms with Crippen molar-refractivity contribution in [2.24, 2.45) is 0 Å². The molecule has 0 aliphatic heterocycles. The van der Waals surface area contributed by atoms with Crippen LogP contribution in [0.25, 0.3) is 0 Å². The number of anilines is 1. The van der Waals surface area contributed by atoms with Crippen LogP contribution in [0.15, 0.2) is 34.7 Å². The number of nitrogens with zero attached hydrogens (tertiary/aromatic N) is 1. The lowest BCUT2D eigenvalue weighted by atomic mass is 10.1. The molecule has 3 amide bonds. The predicted molar refractivity (Wildman–Crippen MR) is 97.7 cm³/mol. The van der Waals surface area contributed by atoms with E-state index in [9.17, 15) is 14.4 Å². The van der Waals surface area contributed by atoms with Crippen molar-refractivity contribution >= 4 is 23.4 Å². The van der Waals surface area contributed by atoms with Gasteiger partial charge in [-0.1, -0.05) is 18.2 Å². The van der Waals surface area contributed by atoms with Crippen molar-refractivity contribution in [2.45, 2.75) is 27.3 Å². The molecule has 138 valence electrons. The van der Waals surface area contributed by atoms with Crippen LogP contribution in [0.5, 0.6) is 0 Å². The lowest BCUT2D eigenvalue weighted by molar-refractivity contribution is -0.128. The van der Waals surface area contributed by atoms with E-state index < -0.39 is 0 Å². The van der Waals surface area contributed by atoms with Gasteiger partial charge in [0.25, 0.3) is 5.91 Å². The van der Waals surface area contributed by atoms with Gasteiger partial charge in [0.2, 0.25) is 11.8 Å². The molecule has 0 atom stereocenters. The van der Waals surface area contributed by atoms with E-state index in [0.717, 1.165) is 5.56 Å². The summed E-state index contributed by atoms with van der Waals surface area (Å²) in [6.45, 7) is 5.15. The highest BCUT2D eigenvalue weighted by atomic mass is 16.3. The van der Waals surface area contributed by atoms with Crippen molar-refractivity contribution in [2.75, 3.05) is 18.9 Å². The molecule has 0 radical (unpaired) electrons. The molecule has 0 fully saturated rings. The third-order valence-electron chi connectivity index (χ3n) is 3.93. The number of aryl methyl sites for hydroxylation is 2. The Balaban J connectivity index is 1.97.